The molecule has 0 radical (unpaired) electrons. The molecule has 0 aromatic heterocycles. The topological polar surface area (TPSA) is 9.23 Å². The van der Waals surface area contributed by atoms with Crippen molar-refractivity contribution in [1.29, 1.82) is 0 Å². The van der Waals surface area contributed by atoms with Crippen LogP contribution in [0.4, 0.5) is 35.1 Å². The van der Waals surface area contributed by atoms with E-state index < -0.39 is 30.8 Å². The first kappa shape index (κ1) is 15.0. The zero-order chi connectivity index (χ0) is 13.1. The summed E-state index contributed by atoms with van der Waals surface area (Å²) in [5.41, 5.74) is 0. The van der Waals surface area contributed by atoms with Gasteiger partial charge in [-0.3, -0.25) is 0 Å². The normalized spacial score (nSPS) is 17.1. The molecule has 9 heteroatoms. The number of ether oxygens (including phenoxy) is 1. The molecular formula is C7H6F8O. The van der Waals surface area contributed by atoms with Crippen molar-refractivity contribution in [1.82, 2.24) is 0 Å². The molecule has 0 N–H and O–H groups in total. The Morgan fingerprint density at radius 1 is 1.00 bits per heavy atom. The highest BCUT2D eigenvalue weighted by Crippen LogP contribution is 2.42. The summed E-state index contributed by atoms with van der Waals surface area (Å²) in [6, 6.07) is 0. The molecule has 0 saturated carbocycles. The molecule has 96 valence electrons. The largest absolute Gasteiger partial charge is 0.489 e. The zero-order valence-corrected chi connectivity index (χ0v) is 7.45. The van der Waals surface area contributed by atoms with Gasteiger partial charge >= 0.3 is 12.1 Å². The zero-order valence-electron chi connectivity index (χ0n) is 7.45. The van der Waals surface area contributed by atoms with Gasteiger partial charge in [0.05, 0.1) is 6.26 Å². The van der Waals surface area contributed by atoms with Crippen LogP contribution >= 0.6 is 0 Å². The quantitative estimate of drug-likeness (QED) is 0.543. The number of rotatable bonds is 5. The standard InChI is InChI=1S/C7H6F8O/c1-2-16-4(3(8)5(9)10)6(11,12)7(13,14)15/h2-5H,1H2. The minimum absolute atomic E-state index is 0.0409. The summed E-state index contributed by atoms with van der Waals surface area (Å²) in [7, 11) is 0. The summed E-state index contributed by atoms with van der Waals surface area (Å²) >= 11 is 0. The van der Waals surface area contributed by atoms with Gasteiger partial charge in [0.25, 0.3) is 6.43 Å². The number of alkyl halides is 8. The fraction of sp³-hybridized carbons (Fsp3) is 0.714. The van der Waals surface area contributed by atoms with Crippen molar-refractivity contribution < 1.29 is 39.9 Å². The number of hydrogen-bond donors (Lipinski definition) is 0. The number of halogens is 8. The monoisotopic (exact) mass is 258 g/mol. The second-order valence-corrected chi connectivity index (χ2v) is 2.62. The molecule has 0 amide bonds. The smallest absolute Gasteiger partial charge is 0.457 e. The maximum absolute atomic E-state index is 12.5. The van der Waals surface area contributed by atoms with Crippen LogP contribution in [-0.4, -0.2) is 30.8 Å². The minimum atomic E-state index is -6.19. The van der Waals surface area contributed by atoms with E-state index in [1.807, 2.05) is 0 Å². The number of hydrogen-bond acceptors (Lipinski definition) is 1. The van der Waals surface area contributed by atoms with Crippen LogP contribution in [0.25, 0.3) is 0 Å². The summed E-state index contributed by atoms with van der Waals surface area (Å²) < 4.78 is 99.8. The van der Waals surface area contributed by atoms with E-state index in [0.29, 0.717) is 0 Å². The van der Waals surface area contributed by atoms with Crippen molar-refractivity contribution in [3.8, 4) is 0 Å². The van der Waals surface area contributed by atoms with Gasteiger partial charge in [-0.05, 0) is 0 Å². The summed E-state index contributed by atoms with van der Waals surface area (Å²) in [6.45, 7) is 2.60. The third-order valence-electron chi connectivity index (χ3n) is 1.51. The van der Waals surface area contributed by atoms with Gasteiger partial charge in [-0.25, -0.2) is 13.2 Å². The average Bonchev–Trinajstić information content (AvgIpc) is 2.10. The predicted octanol–water partition coefficient (Wildman–Crippen LogP) is 3.32. The van der Waals surface area contributed by atoms with Gasteiger partial charge in [0, 0.05) is 0 Å². The molecule has 16 heavy (non-hydrogen) atoms. The highest BCUT2D eigenvalue weighted by atomic mass is 19.4. The molecule has 0 aromatic carbocycles. The van der Waals surface area contributed by atoms with Gasteiger partial charge in [-0.15, -0.1) is 0 Å². The van der Waals surface area contributed by atoms with Crippen molar-refractivity contribution in [2.45, 2.75) is 30.8 Å². The molecule has 0 bridgehead atoms. The predicted molar refractivity (Wildman–Crippen MR) is 37.0 cm³/mol. The first-order valence-electron chi connectivity index (χ1n) is 3.68. The lowest BCUT2D eigenvalue weighted by Crippen LogP contribution is -2.53. The molecule has 2 unspecified atom stereocenters. The van der Waals surface area contributed by atoms with Crippen molar-refractivity contribution in [2.75, 3.05) is 0 Å². The van der Waals surface area contributed by atoms with Crippen molar-refractivity contribution in [3.05, 3.63) is 12.8 Å². The fourth-order valence-corrected chi connectivity index (χ4v) is 0.758. The molecule has 2 atom stereocenters. The SMILES string of the molecule is C=COC(C(F)C(F)F)C(F)(F)C(F)(F)F. The van der Waals surface area contributed by atoms with Crippen LogP contribution in [0, 0.1) is 0 Å². The first-order chi connectivity index (χ1) is 7.05. The van der Waals surface area contributed by atoms with Gasteiger partial charge in [-0.2, -0.15) is 22.0 Å². The van der Waals surface area contributed by atoms with E-state index in [-0.39, 0.29) is 6.26 Å². The Kier molecular flexibility index (Phi) is 4.56. The van der Waals surface area contributed by atoms with E-state index in [1.54, 1.807) is 0 Å². The van der Waals surface area contributed by atoms with Crippen LogP contribution < -0.4 is 0 Å². The Bertz CT molecular complexity index is 235. The van der Waals surface area contributed by atoms with E-state index in [1.165, 1.54) is 0 Å². The van der Waals surface area contributed by atoms with Crippen LogP contribution in [0.5, 0.6) is 0 Å². The van der Waals surface area contributed by atoms with Crippen molar-refractivity contribution in [3.63, 3.8) is 0 Å². The maximum atomic E-state index is 12.5. The molecule has 0 saturated heterocycles. The average molecular weight is 258 g/mol. The van der Waals surface area contributed by atoms with Gasteiger partial charge in [0.1, 0.15) is 0 Å². The Hall–Kier alpha value is -1.02. The minimum Gasteiger partial charge on any atom is -0.489 e. The molecule has 0 aliphatic rings. The molecule has 0 fully saturated rings. The van der Waals surface area contributed by atoms with Gasteiger partial charge in [0.15, 0.2) is 0 Å². The first-order valence-corrected chi connectivity index (χ1v) is 3.68. The third-order valence-corrected chi connectivity index (χ3v) is 1.51. The molecule has 0 rings (SSSR count). The maximum Gasteiger partial charge on any atom is 0.457 e. The van der Waals surface area contributed by atoms with Crippen molar-refractivity contribution >= 4 is 0 Å². The third kappa shape index (κ3) is 2.99. The highest BCUT2D eigenvalue weighted by Gasteiger charge is 2.67. The summed E-state index contributed by atoms with van der Waals surface area (Å²) in [5.74, 6) is -5.74. The molecule has 0 heterocycles. The van der Waals surface area contributed by atoms with Crippen LogP contribution in [0.1, 0.15) is 0 Å². The Morgan fingerprint density at radius 2 is 1.44 bits per heavy atom. The van der Waals surface area contributed by atoms with E-state index in [4.69, 9.17) is 0 Å². The van der Waals surface area contributed by atoms with E-state index in [0.717, 1.165) is 0 Å². The van der Waals surface area contributed by atoms with E-state index in [9.17, 15) is 35.1 Å². The lowest BCUT2D eigenvalue weighted by atomic mass is 10.1. The summed E-state index contributed by atoms with van der Waals surface area (Å²) in [4.78, 5) is 0. The van der Waals surface area contributed by atoms with Crippen molar-refractivity contribution in [2.24, 2.45) is 0 Å². The highest BCUT2D eigenvalue weighted by molar-refractivity contribution is 4.92. The Labute approximate surface area is 84.7 Å². The molecular weight excluding hydrogens is 252 g/mol. The van der Waals surface area contributed by atoms with Gasteiger partial charge < -0.3 is 4.74 Å². The molecule has 0 spiro atoms. The fourth-order valence-electron chi connectivity index (χ4n) is 0.758. The lowest BCUT2D eigenvalue weighted by molar-refractivity contribution is -0.324. The summed E-state index contributed by atoms with van der Waals surface area (Å²) in [6.07, 6.45) is -17.6. The Balaban J connectivity index is 5.12. The Morgan fingerprint density at radius 3 is 1.69 bits per heavy atom. The van der Waals surface area contributed by atoms with Crippen LogP contribution in [0.15, 0.2) is 12.8 Å². The molecule has 0 aliphatic heterocycles. The second-order valence-electron chi connectivity index (χ2n) is 2.62. The second kappa shape index (κ2) is 4.88. The lowest BCUT2D eigenvalue weighted by Gasteiger charge is -2.29. The molecule has 0 aromatic rings. The summed E-state index contributed by atoms with van der Waals surface area (Å²) in [5, 5.41) is 0. The van der Waals surface area contributed by atoms with E-state index in [2.05, 4.69) is 11.3 Å². The van der Waals surface area contributed by atoms with Crippen LogP contribution in [0.3, 0.4) is 0 Å². The van der Waals surface area contributed by atoms with Gasteiger partial charge in [0.2, 0.25) is 12.3 Å². The van der Waals surface area contributed by atoms with Crippen LogP contribution in [-0.2, 0) is 4.74 Å². The molecule has 1 nitrogen and oxygen atoms in total. The molecule has 0 aliphatic carbocycles. The van der Waals surface area contributed by atoms with Crippen LogP contribution in [0.2, 0.25) is 0 Å². The van der Waals surface area contributed by atoms with E-state index >= 15 is 0 Å². The van der Waals surface area contributed by atoms with Gasteiger partial charge in [-0.1, -0.05) is 6.58 Å².